The van der Waals surface area contributed by atoms with Crippen LogP contribution in [0.25, 0.3) is 0 Å². The zero-order chi connectivity index (χ0) is 16.4. The third-order valence-corrected chi connectivity index (χ3v) is 4.45. The first kappa shape index (κ1) is 15.6. The van der Waals surface area contributed by atoms with Crippen molar-refractivity contribution in [3.63, 3.8) is 0 Å². The van der Waals surface area contributed by atoms with E-state index in [9.17, 15) is 9.59 Å². The third kappa shape index (κ3) is 3.23. The van der Waals surface area contributed by atoms with Gasteiger partial charge in [0.1, 0.15) is 11.5 Å². The molecule has 2 aromatic heterocycles. The predicted octanol–water partition coefficient (Wildman–Crippen LogP) is 3.19. The van der Waals surface area contributed by atoms with Gasteiger partial charge in [0.05, 0.1) is 6.26 Å². The van der Waals surface area contributed by atoms with Crippen LogP contribution in [-0.4, -0.2) is 22.7 Å². The van der Waals surface area contributed by atoms with E-state index in [-0.39, 0.29) is 17.7 Å². The van der Waals surface area contributed by atoms with E-state index in [1.54, 1.807) is 6.26 Å². The maximum absolute atomic E-state index is 12.5. The van der Waals surface area contributed by atoms with Crippen LogP contribution in [0.1, 0.15) is 64.1 Å². The van der Waals surface area contributed by atoms with Gasteiger partial charge in [0.15, 0.2) is 5.78 Å². The molecule has 0 saturated carbocycles. The molecule has 0 fully saturated rings. The van der Waals surface area contributed by atoms with Crippen molar-refractivity contribution in [2.75, 3.05) is 0 Å². The van der Waals surface area contributed by atoms with Crippen molar-refractivity contribution in [2.24, 2.45) is 0 Å². The number of aromatic amines is 1. The normalized spacial score (nSPS) is 15.3. The molecule has 23 heavy (non-hydrogen) atoms. The second-order valence-electron chi connectivity index (χ2n) is 6.25. The van der Waals surface area contributed by atoms with Crippen LogP contribution in [0.4, 0.5) is 0 Å². The number of rotatable bonds is 5. The first-order valence-corrected chi connectivity index (χ1v) is 8.14. The molecule has 2 heterocycles. The van der Waals surface area contributed by atoms with E-state index in [0.717, 1.165) is 48.3 Å². The van der Waals surface area contributed by atoms with Gasteiger partial charge in [-0.2, -0.15) is 0 Å². The molecule has 5 heteroatoms. The molecular weight excluding hydrogens is 292 g/mol. The topological polar surface area (TPSA) is 75.1 Å². The number of fused-ring (bicyclic) bond motifs is 1. The summed E-state index contributed by atoms with van der Waals surface area (Å²) in [6.07, 6.45) is 5.51. The summed E-state index contributed by atoms with van der Waals surface area (Å²) in [5, 5.41) is 3.00. The number of furan rings is 1. The third-order valence-electron chi connectivity index (χ3n) is 4.45. The maximum atomic E-state index is 12.5. The Morgan fingerprint density at radius 3 is 2.96 bits per heavy atom. The number of carbonyl (C=O) groups excluding carboxylic acids is 2. The first-order valence-electron chi connectivity index (χ1n) is 8.14. The molecule has 0 unspecified atom stereocenters. The number of nitrogens with one attached hydrogen (secondary N) is 2. The van der Waals surface area contributed by atoms with E-state index in [0.29, 0.717) is 12.1 Å². The fourth-order valence-corrected chi connectivity index (χ4v) is 3.18. The Morgan fingerprint density at radius 1 is 1.43 bits per heavy atom. The minimum absolute atomic E-state index is 0.0306. The van der Waals surface area contributed by atoms with E-state index < -0.39 is 0 Å². The number of hydrogen-bond acceptors (Lipinski definition) is 3. The standard InChI is InChI=1S/C18H22N2O3/c1-11(8-9-13-5-4-10-23-13)19-18(22)17-12(2)16-14(20-17)6-3-7-15(16)21/h4-5,10-11,20H,3,6-9H2,1-2H3,(H,19,22)/t11-/m0/s1. The van der Waals surface area contributed by atoms with Crippen LogP contribution >= 0.6 is 0 Å². The minimum atomic E-state index is -0.142. The number of carbonyl (C=O) groups is 2. The molecule has 0 bridgehead atoms. The molecule has 0 saturated heterocycles. The van der Waals surface area contributed by atoms with Crippen LogP contribution in [0, 0.1) is 6.92 Å². The summed E-state index contributed by atoms with van der Waals surface area (Å²) in [6.45, 7) is 3.82. The minimum Gasteiger partial charge on any atom is -0.469 e. The number of ketones is 1. The van der Waals surface area contributed by atoms with Crippen LogP contribution in [0.3, 0.4) is 0 Å². The highest BCUT2D eigenvalue weighted by atomic mass is 16.3. The molecule has 1 aliphatic carbocycles. The summed E-state index contributed by atoms with van der Waals surface area (Å²) in [7, 11) is 0. The molecule has 1 atom stereocenters. The monoisotopic (exact) mass is 314 g/mol. The van der Waals surface area contributed by atoms with Gasteiger partial charge >= 0.3 is 0 Å². The highest BCUT2D eigenvalue weighted by Crippen LogP contribution is 2.26. The largest absolute Gasteiger partial charge is 0.469 e. The van der Waals surface area contributed by atoms with Crippen molar-refractivity contribution < 1.29 is 14.0 Å². The molecule has 0 spiro atoms. The van der Waals surface area contributed by atoms with Gasteiger partial charge in [-0.25, -0.2) is 0 Å². The van der Waals surface area contributed by atoms with Gasteiger partial charge in [-0.1, -0.05) is 0 Å². The van der Waals surface area contributed by atoms with Crippen LogP contribution in [0.15, 0.2) is 22.8 Å². The molecule has 2 aromatic rings. The maximum Gasteiger partial charge on any atom is 0.268 e. The van der Waals surface area contributed by atoms with Crippen molar-refractivity contribution in [3.05, 3.63) is 46.7 Å². The Balaban J connectivity index is 1.65. The number of hydrogen-bond donors (Lipinski definition) is 2. The van der Waals surface area contributed by atoms with Crippen LogP contribution in [0.5, 0.6) is 0 Å². The highest BCUT2D eigenvalue weighted by Gasteiger charge is 2.26. The molecule has 1 amide bonds. The molecule has 0 aromatic carbocycles. The quantitative estimate of drug-likeness (QED) is 0.890. The van der Waals surface area contributed by atoms with Gasteiger partial charge in [-0.15, -0.1) is 0 Å². The van der Waals surface area contributed by atoms with Gasteiger partial charge in [-0.05, 0) is 50.8 Å². The average Bonchev–Trinajstić information content (AvgIpc) is 3.14. The Labute approximate surface area is 135 Å². The number of amides is 1. The van der Waals surface area contributed by atoms with E-state index in [4.69, 9.17) is 4.42 Å². The number of aryl methyl sites for hydroxylation is 2. The van der Waals surface area contributed by atoms with E-state index >= 15 is 0 Å². The second-order valence-corrected chi connectivity index (χ2v) is 6.25. The van der Waals surface area contributed by atoms with E-state index in [2.05, 4.69) is 10.3 Å². The second kappa shape index (κ2) is 6.44. The number of aromatic nitrogens is 1. The fraction of sp³-hybridized carbons (Fsp3) is 0.444. The van der Waals surface area contributed by atoms with Crippen LogP contribution in [0.2, 0.25) is 0 Å². The molecule has 0 aliphatic heterocycles. The molecule has 0 radical (unpaired) electrons. The summed E-state index contributed by atoms with van der Waals surface area (Å²) in [5.74, 6) is 0.921. The summed E-state index contributed by atoms with van der Waals surface area (Å²) in [6, 6.07) is 3.83. The average molecular weight is 314 g/mol. The van der Waals surface area contributed by atoms with E-state index in [1.807, 2.05) is 26.0 Å². The summed E-state index contributed by atoms with van der Waals surface area (Å²) in [5.41, 5.74) is 2.94. The van der Waals surface area contributed by atoms with Crippen molar-refractivity contribution in [1.82, 2.24) is 10.3 Å². The zero-order valence-corrected chi connectivity index (χ0v) is 13.6. The van der Waals surface area contributed by atoms with Crippen LogP contribution < -0.4 is 5.32 Å². The van der Waals surface area contributed by atoms with Crippen molar-refractivity contribution in [3.8, 4) is 0 Å². The number of Topliss-reactive ketones (excluding diaryl/α,β-unsaturated/α-hetero) is 1. The first-order chi connectivity index (χ1) is 11.1. The molecule has 2 N–H and O–H groups in total. The van der Waals surface area contributed by atoms with Gasteiger partial charge in [0, 0.05) is 30.1 Å². The Bertz CT molecular complexity index is 713. The highest BCUT2D eigenvalue weighted by molar-refractivity contribution is 6.04. The van der Waals surface area contributed by atoms with Crippen molar-refractivity contribution in [2.45, 2.75) is 52.0 Å². The SMILES string of the molecule is Cc1c(C(=O)N[C@@H](C)CCc2ccco2)[nH]c2c1C(=O)CCC2. The van der Waals surface area contributed by atoms with Crippen molar-refractivity contribution >= 4 is 11.7 Å². The Hall–Kier alpha value is -2.30. The number of H-pyrrole nitrogens is 1. The summed E-state index contributed by atoms with van der Waals surface area (Å²) in [4.78, 5) is 27.7. The lowest BCUT2D eigenvalue weighted by molar-refractivity contribution is 0.0932. The van der Waals surface area contributed by atoms with Gasteiger partial charge in [0.2, 0.25) is 0 Å². The summed E-state index contributed by atoms with van der Waals surface area (Å²) < 4.78 is 5.30. The molecule has 122 valence electrons. The lowest BCUT2D eigenvalue weighted by atomic mass is 9.94. The van der Waals surface area contributed by atoms with Crippen LogP contribution in [-0.2, 0) is 12.8 Å². The summed E-state index contributed by atoms with van der Waals surface area (Å²) >= 11 is 0. The lowest BCUT2D eigenvalue weighted by Crippen LogP contribution is -2.33. The molecular formula is C18H22N2O3. The lowest BCUT2D eigenvalue weighted by Gasteiger charge is -2.13. The molecule has 3 rings (SSSR count). The van der Waals surface area contributed by atoms with E-state index in [1.165, 1.54) is 0 Å². The smallest absolute Gasteiger partial charge is 0.268 e. The van der Waals surface area contributed by atoms with Gasteiger partial charge in [0.25, 0.3) is 5.91 Å². The molecule has 5 nitrogen and oxygen atoms in total. The zero-order valence-electron chi connectivity index (χ0n) is 13.6. The van der Waals surface area contributed by atoms with Gasteiger partial charge in [-0.3, -0.25) is 9.59 Å². The van der Waals surface area contributed by atoms with Gasteiger partial charge < -0.3 is 14.7 Å². The Morgan fingerprint density at radius 2 is 2.26 bits per heavy atom. The van der Waals surface area contributed by atoms with Crippen molar-refractivity contribution in [1.29, 1.82) is 0 Å². The Kier molecular flexibility index (Phi) is 4.37. The predicted molar refractivity (Wildman–Crippen MR) is 86.8 cm³/mol. The fourth-order valence-electron chi connectivity index (χ4n) is 3.18. The molecule has 1 aliphatic rings.